The van der Waals surface area contributed by atoms with E-state index in [1.165, 1.54) is 18.0 Å². The molecule has 0 saturated heterocycles. The molecule has 0 atom stereocenters. The smallest absolute Gasteiger partial charge is 0.328 e. The highest BCUT2D eigenvalue weighted by Crippen LogP contribution is 2.14. The van der Waals surface area contributed by atoms with E-state index in [1.54, 1.807) is 0 Å². The molecule has 0 aliphatic heterocycles. The number of nitrogens with zero attached hydrogens (tertiary/aromatic N) is 2. The van der Waals surface area contributed by atoms with Crippen molar-refractivity contribution in [1.82, 2.24) is 15.1 Å². The van der Waals surface area contributed by atoms with Crippen molar-refractivity contribution in [3.63, 3.8) is 0 Å². The summed E-state index contributed by atoms with van der Waals surface area (Å²) < 4.78 is 6.32. The number of hydrogen-bond acceptors (Lipinski definition) is 5. The summed E-state index contributed by atoms with van der Waals surface area (Å²) in [5.74, 6) is -2.36. The van der Waals surface area contributed by atoms with Crippen molar-refractivity contribution < 1.29 is 24.2 Å². The van der Waals surface area contributed by atoms with Gasteiger partial charge in [0.15, 0.2) is 5.69 Å². The zero-order chi connectivity index (χ0) is 16.5. The number of rotatable bonds is 8. The molecule has 0 spiro atoms. The number of carboxylic acid groups (broad SMARTS) is 1. The van der Waals surface area contributed by atoms with Gasteiger partial charge >= 0.3 is 5.97 Å². The topological polar surface area (TPSA) is 123 Å². The molecule has 9 heteroatoms. The van der Waals surface area contributed by atoms with Gasteiger partial charge in [0.1, 0.15) is 0 Å². The highest BCUT2D eigenvalue weighted by molar-refractivity contribution is 6.06. The summed E-state index contributed by atoms with van der Waals surface area (Å²) in [5, 5.41) is 17.6. The van der Waals surface area contributed by atoms with E-state index in [-0.39, 0.29) is 11.4 Å². The van der Waals surface area contributed by atoms with Crippen LogP contribution < -0.4 is 10.6 Å². The van der Waals surface area contributed by atoms with Crippen molar-refractivity contribution in [2.45, 2.75) is 13.5 Å². The maximum atomic E-state index is 12.0. The van der Waals surface area contributed by atoms with E-state index < -0.39 is 17.8 Å². The fourth-order valence-corrected chi connectivity index (χ4v) is 1.51. The molecular formula is C13H18N4O5. The zero-order valence-electron chi connectivity index (χ0n) is 12.3. The lowest BCUT2D eigenvalue weighted by Gasteiger charge is -2.04. The van der Waals surface area contributed by atoms with Gasteiger partial charge < -0.3 is 20.5 Å². The number of amides is 2. The molecular weight excluding hydrogens is 292 g/mol. The van der Waals surface area contributed by atoms with Crippen molar-refractivity contribution in [2.75, 3.05) is 25.6 Å². The Morgan fingerprint density at radius 3 is 2.73 bits per heavy atom. The third-order valence-electron chi connectivity index (χ3n) is 2.53. The molecule has 0 fully saturated rings. The van der Waals surface area contributed by atoms with Crippen LogP contribution in [0.4, 0.5) is 5.69 Å². The highest BCUT2D eigenvalue weighted by Gasteiger charge is 2.17. The fraction of sp³-hybridized carbons (Fsp3) is 0.385. The Kier molecular flexibility index (Phi) is 6.77. The van der Waals surface area contributed by atoms with Gasteiger partial charge in [0.2, 0.25) is 5.91 Å². The lowest BCUT2D eigenvalue weighted by Crippen LogP contribution is -2.28. The fourth-order valence-electron chi connectivity index (χ4n) is 1.51. The summed E-state index contributed by atoms with van der Waals surface area (Å²) >= 11 is 0. The van der Waals surface area contributed by atoms with Crippen LogP contribution in [0.25, 0.3) is 0 Å². The molecule has 9 nitrogen and oxygen atoms in total. The molecule has 22 heavy (non-hydrogen) atoms. The van der Waals surface area contributed by atoms with E-state index in [0.29, 0.717) is 25.8 Å². The molecule has 0 radical (unpaired) electrons. The molecule has 0 saturated carbocycles. The lowest BCUT2D eigenvalue weighted by atomic mass is 10.3. The summed E-state index contributed by atoms with van der Waals surface area (Å²) in [7, 11) is 1.51. The predicted octanol–water partition coefficient (Wildman–Crippen LogP) is -0.141. The quantitative estimate of drug-likeness (QED) is 0.453. The molecule has 1 heterocycles. The number of aryl methyl sites for hydroxylation is 1. The minimum atomic E-state index is -1.24. The standard InChI is InChI=1S/C13H18N4O5/c1-3-17-8-9(15-10(18)4-5-11(19)20)12(16-17)13(21)14-6-7-22-2/h4-5,8H,3,6-7H2,1-2H3,(H,14,21)(H,15,18)(H,19,20)/b5-4+. The molecule has 3 N–H and O–H groups in total. The third-order valence-corrected chi connectivity index (χ3v) is 2.53. The van der Waals surface area contributed by atoms with Gasteiger partial charge in [-0.1, -0.05) is 0 Å². The van der Waals surface area contributed by atoms with Gasteiger partial charge in [0.05, 0.1) is 12.3 Å². The number of carbonyl (C=O) groups is 3. The van der Waals surface area contributed by atoms with E-state index in [2.05, 4.69) is 15.7 Å². The van der Waals surface area contributed by atoms with Gasteiger partial charge in [-0.3, -0.25) is 14.3 Å². The van der Waals surface area contributed by atoms with Gasteiger partial charge in [-0.2, -0.15) is 5.10 Å². The van der Waals surface area contributed by atoms with Crippen LogP contribution >= 0.6 is 0 Å². The van der Waals surface area contributed by atoms with Crippen molar-refractivity contribution in [1.29, 1.82) is 0 Å². The maximum absolute atomic E-state index is 12.0. The first-order valence-corrected chi connectivity index (χ1v) is 6.54. The molecule has 0 unspecified atom stereocenters. The first kappa shape index (κ1) is 17.4. The number of hydrogen-bond donors (Lipinski definition) is 3. The summed E-state index contributed by atoms with van der Waals surface area (Å²) in [5.41, 5.74) is 0.256. The Hall–Kier alpha value is -2.68. The highest BCUT2D eigenvalue weighted by atomic mass is 16.5. The monoisotopic (exact) mass is 310 g/mol. The molecule has 1 aromatic heterocycles. The van der Waals surface area contributed by atoms with E-state index >= 15 is 0 Å². The van der Waals surface area contributed by atoms with Crippen molar-refractivity contribution in [3.8, 4) is 0 Å². The maximum Gasteiger partial charge on any atom is 0.328 e. The number of carbonyl (C=O) groups excluding carboxylic acids is 2. The van der Waals surface area contributed by atoms with Crippen molar-refractivity contribution >= 4 is 23.5 Å². The Balaban J connectivity index is 2.84. The third kappa shape index (κ3) is 5.37. The van der Waals surface area contributed by atoms with Gasteiger partial charge in [-0.15, -0.1) is 0 Å². The number of nitrogens with one attached hydrogen (secondary N) is 2. The van der Waals surface area contributed by atoms with Crippen LogP contribution in [0, 0.1) is 0 Å². The molecule has 0 aliphatic rings. The molecule has 120 valence electrons. The molecule has 1 aromatic rings. The minimum Gasteiger partial charge on any atom is -0.478 e. The Morgan fingerprint density at radius 1 is 1.41 bits per heavy atom. The van der Waals surface area contributed by atoms with Crippen LogP contribution in [0.2, 0.25) is 0 Å². The summed E-state index contributed by atoms with van der Waals surface area (Å²) in [6, 6.07) is 0. The van der Waals surface area contributed by atoms with Crippen LogP contribution in [-0.2, 0) is 20.9 Å². The second kappa shape index (κ2) is 8.57. The largest absolute Gasteiger partial charge is 0.478 e. The average molecular weight is 310 g/mol. The van der Waals surface area contributed by atoms with Crippen LogP contribution in [0.5, 0.6) is 0 Å². The first-order valence-electron chi connectivity index (χ1n) is 6.54. The second-order valence-corrected chi connectivity index (χ2v) is 4.16. The molecule has 0 bridgehead atoms. The molecule has 0 aliphatic carbocycles. The van der Waals surface area contributed by atoms with Gasteiger partial charge in [-0.25, -0.2) is 4.79 Å². The lowest BCUT2D eigenvalue weighted by molar-refractivity contribution is -0.131. The van der Waals surface area contributed by atoms with Gasteiger partial charge in [-0.05, 0) is 6.92 Å². The molecule has 1 rings (SSSR count). The predicted molar refractivity (Wildman–Crippen MR) is 77.5 cm³/mol. The number of ether oxygens (including phenoxy) is 1. The van der Waals surface area contributed by atoms with Crippen LogP contribution in [0.15, 0.2) is 18.3 Å². The van der Waals surface area contributed by atoms with E-state index in [0.717, 1.165) is 6.08 Å². The minimum absolute atomic E-state index is 0.0510. The van der Waals surface area contributed by atoms with Crippen molar-refractivity contribution in [3.05, 3.63) is 24.0 Å². The summed E-state index contributed by atoms with van der Waals surface area (Å²) in [6.07, 6.45) is 3.06. The van der Waals surface area contributed by atoms with E-state index in [4.69, 9.17) is 9.84 Å². The number of aliphatic carboxylic acids is 1. The number of aromatic nitrogens is 2. The summed E-state index contributed by atoms with van der Waals surface area (Å²) in [4.78, 5) is 34.0. The van der Waals surface area contributed by atoms with Gasteiger partial charge in [0, 0.05) is 38.5 Å². The molecule has 2 amide bonds. The SMILES string of the molecule is CCn1cc(NC(=O)/C=C/C(=O)O)c(C(=O)NCCOC)n1. The molecule has 0 aromatic carbocycles. The van der Waals surface area contributed by atoms with Gasteiger partial charge in [0.25, 0.3) is 5.91 Å². The number of anilines is 1. The second-order valence-electron chi connectivity index (χ2n) is 4.16. The number of methoxy groups -OCH3 is 1. The zero-order valence-corrected chi connectivity index (χ0v) is 12.3. The number of carboxylic acids is 1. The normalized spacial score (nSPS) is 10.6. The van der Waals surface area contributed by atoms with Crippen LogP contribution in [-0.4, -0.2) is 52.9 Å². The van der Waals surface area contributed by atoms with Crippen LogP contribution in [0.1, 0.15) is 17.4 Å². The first-order chi connectivity index (χ1) is 10.5. The average Bonchev–Trinajstić information content (AvgIpc) is 2.88. The van der Waals surface area contributed by atoms with Crippen LogP contribution in [0.3, 0.4) is 0 Å². The van der Waals surface area contributed by atoms with E-state index in [9.17, 15) is 14.4 Å². The Bertz CT molecular complexity index is 579. The summed E-state index contributed by atoms with van der Waals surface area (Å²) in [6.45, 7) is 3.00. The Labute approximate surface area is 126 Å². The Morgan fingerprint density at radius 2 is 2.14 bits per heavy atom. The van der Waals surface area contributed by atoms with Crippen molar-refractivity contribution in [2.24, 2.45) is 0 Å². The van der Waals surface area contributed by atoms with E-state index in [1.807, 2.05) is 6.92 Å².